The Morgan fingerprint density at radius 2 is 2.28 bits per heavy atom. The van der Waals surface area contributed by atoms with E-state index < -0.39 is 4.92 Å². The summed E-state index contributed by atoms with van der Waals surface area (Å²) in [6.07, 6.45) is 0. The second-order valence-corrected chi connectivity index (χ2v) is 4.44. The molecule has 1 unspecified atom stereocenters. The van der Waals surface area contributed by atoms with Crippen LogP contribution in [-0.4, -0.2) is 46.0 Å². The third kappa shape index (κ3) is 2.08. The number of amides is 1. The highest BCUT2D eigenvalue weighted by atomic mass is 16.6. The Hall–Kier alpha value is -1.89. The molecule has 0 aliphatic carbocycles. The molecule has 0 aromatic carbocycles. The van der Waals surface area contributed by atoms with Gasteiger partial charge in [-0.25, -0.2) is 4.57 Å². The summed E-state index contributed by atoms with van der Waals surface area (Å²) in [5, 5.41) is 13.9. The van der Waals surface area contributed by atoms with Gasteiger partial charge >= 0.3 is 5.82 Å². The molecule has 1 aliphatic rings. The summed E-state index contributed by atoms with van der Waals surface area (Å²) in [4.78, 5) is 24.3. The number of carbonyl (C=O) groups excluding carboxylic acids is 1. The summed E-state index contributed by atoms with van der Waals surface area (Å²) < 4.78 is 1.33. The number of rotatable bonds is 2. The molecule has 0 saturated carbocycles. The zero-order valence-corrected chi connectivity index (χ0v) is 10.4. The molecule has 1 N–H and O–H groups in total. The van der Waals surface area contributed by atoms with Crippen molar-refractivity contribution >= 4 is 11.7 Å². The van der Waals surface area contributed by atoms with Crippen LogP contribution in [0.1, 0.15) is 17.4 Å². The highest BCUT2D eigenvalue weighted by Gasteiger charge is 2.29. The van der Waals surface area contributed by atoms with Gasteiger partial charge in [-0.05, 0) is 17.9 Å². The van der Waals surface area contributed by atoms with Crippen molar-refractivity contribution in [1.29, 1.82) is 0 Å². The maximum atomic E-state index is 12.3. The van der Waals surface area contributed by atoms with Gasteiger partial charge in [-0.3, -0.25) is 4.79 Å². The first-order valence-electron chi connectivity index (χ1n) is 5.84. The normalized spacial score (nSPS) is 19.9. The first kappa shape index (κ1) is 12.6. The zero-order chi connectivity index (χ0) is 13.3. The third-order valence-corrected chi connectivity index (χ3v) is 3.26. The first-order chi connectivity index (χ1) is 8.52. The van der Waals surface area contributed by atoms with Crippen LogP contribution in [0.15, 0.2) is 12.1 Å². The van der Waals surface area contributed by atoms with E-state index in [0.29, 0.717) is 12.2 Å². The molecule has 2 rings (SSSR count). The number of nitro groups is 1. The minimum atomic E-state index is -0.488. The van der Waals surface area contributed by atoms with Gasteiger partial charge in [0.2, 0.25) is 0 Å². The van der Waals surface area contributed by atoms with E-state index in [9.17, 15) is 14.9 Å². The molecule has 98 valence electrons. The van der Waals surface area contributed by atoms with Crippen molar-refractivity contribution in [3.05, 3.63) is 27.9 Å². The van der Waals surface area contributed by atoms with Gasteiger partial charge in [0.05, 0.1) is 7.05 Å². The fourth-order valence-corrected chi connectivity index (χ4v) is 2.19. The summed E-state index contributed by atoms with van der Waals surface area (Å²) >= 11 is 0. The van der Waals surface area contributed by atoms with Crippen LogP contribution in [0.3, 0.4) is 0 Å². The van der Waals surface area contributed by atoms with E-state index in [0.717, 1.165) is 13.1 Å². The van der Waals surface area contributed by atoms with Crippen molar-refractivity contribution in [3.63, 3.8) is 0 Å². The van der Waals surface area contributed by atoms with E-state index in [-0.39, 0.29) is 17.8 Å². The van der Waals surface area contributed by atoms with Crippen LogP contribution in [-0.2, 0) is 7.05 Å². The van der Waals surface area contributed by atoms with E-state index in [1.54, 1.807) is 4.90 Å². The maximum absolute atomic E-state index is 12.3. The number of piperazine rings is 1. The molecular formula is C11H16N4O3. The molecule has 2 heterocycles. The first-order valence-corrected chi connectivity index (χ1v) is 5.84. The largest absolute Gasteiger partial charge is 0.358 e. The number of nitrogens with one attached hydrogen (secondary N) is 1. The van der Waals surface area contributed by atoms with E-state index in [1.165, 1.54) is 23.7 Å². The summed E-state index contributed by atoms with van der Waals surface area (Å²) in [6.45, 7) is 4.08. The SMILES string of the molecule is CC1CNCCN1C(=O)c1ccc([N+](=O)[O-])n1C. The Kier molecular flexibility index (Phi) is 3.33. The van der Waals surface area contributed by atoms with E-state index in [2.05, 4.69) is 5.32 Å². The topological polar surface area (TPSA) is 80.4 Å². The molecule has 0 bridgehead atoms. The van der Waals surface area contributed by atoms with Gasteiger partial charge in [0, 0.05) is 31.7 Å². The van der Waals surface area contributed by atoms with Gasteiger partial charge in [0.15, 0.2) is 5.69 Å². The van der Waals surface area contributed by atoms with Crippen molar-refractivity contribution in [3.8, 4) is 0 Å². The lowest BCUT2D eigenvalue weighted by atomic mass is 10.2. The highest BCUT2D eigenvalue weighted by molar-refractivity contribution is 5.93. The van der Waals surface area contributed by atoms with E-state index in [1.807, 2.05) is 6.92 Å². The van der Waals surface area contributed by atoms with Crippen LogP contribution >= 0.6 is 0 Å². The lowest BCUT2D eigenvalue weighted by molar-refractivity contribution is -0.391. The van der Waals surface area contributed by atoms with Crippen molar-refractivity contribution in [2.45, 2.75) is 13.0 Å². The standard InChI is InChI=1S/C11H16N4O3/c1-8-7-12-5-6-14(8)11(16)9-3-4-10(13(9)2)15(17)18/h3-4,8,12H,5-7H2,1-2H3. The molecule has 7 heteroatoms. The Balaban J connectivity index is 2.26. The predicted molar refractivity (Wildman–Crippen MR) is 65.4 cm³/mol. The number of carbonyl (C=O) groups is 1. The molecule has 1 aliphatic heterocycles. The fourth-order valence-electron chi connectivity index (χ4n) is 2.19. The predicted octanol–water partition coefficient (Wildman–Crippen LogP) is 0.367. The van der Waals surface area contributed by atoms with Gasteiger partial charge in [-0.1, -0.05) is 0 Å². The average molecular weight is 252 g/mol. The summed E-state index contributed by atoms with van der Waals surface area (Å²) in [5.41, 5.74) is 0.357. The van der Waals surface area contributed by atoms with Crippen molar-refractivity contribution in [2.24, 2.45) is 7.05 Å². The monoisotopic (exact) mass is 252 g/mol. The van der Waals surface area contributed by atoms with Crippen molar-refractivity contribution in [2.75, 3.05) is 19.6 Å². The number of hydrogen-bond donors (Lipinski definition) is 1. The molecule has 7 nitrogen and oxygen atoms in total. The fraction of sp³-hybridized carbons (Fsp3) is 0.545. The molecule has 1 aromatic heterocycles. The minimum Gasteiger partial charge on any atom is -0.358 e. The molecular weight excluding hydrogens is 236 g/mol. The van der Waals surface area contributed by atoms with Gasteiger partial charge in [0.25, 0.3) is 5.91 Å². The molecule has 0 spiro atoms. The highest BCUT2D eigenvalue weighted by Crippen LogP contribution is 2.18. The van der Waals surface area contributed by atoms with Crippen LogP contribution in [0.4, 0.5) is 5.82 Å². The maximum Gasteiger partial charge on any atom is 0.323 e. The Morgan fingerprint density at radius 3 is 2.83 bits per heavy atom. The number of aromatic nitrogens is 1. The molecule has 1 aromatic rings. The Labute approximate surface area is 105 Å². The number of nitrogens with zero attached hydrogens (tertiary/aromatic N) is 3. The summed E-state index contributed by atoms with van der Waals surface area (Å²) in [7, 11) is 1.54. The van der Waals surface area contributed by atoms with Crippen LogP contribution in [0.5, 0.6) is 0 Å². The average Bonchev–Trinajstić information content (AvgIpc) is 2.71. The van der Waals surface area contributed by atoms with Crippen molar-refractivity contribution in [1.82, 2.24) is 14.8 Å². The van der Waals surface area contributed by atoms with Crippen LogP contribution < -0.4 is 5.32 Å². The summed E-state index contributed by atoms with van der Waals surface area (Å²) in [6, 6.07) is 2.97. The quantitative estimate of drug-likeness (QED) is 0.609. The molecule has 1 atom stereocenters. The van der Waals surface area contributed by atoms with Crippen LogP contribution in [0.25, 0.3) is 0 Å². The van der Waals surface area contributed by atoms with Crippen LogP contribution in [0.2, 0.25) is 0 Å². The smallest absolute Gasteiger partial charge is 0.323 e. The van der Waals surface area contributed by atoms with E-state index in [4.69, 9.17) is 0 Å². The third-order valence-electron chi connectivity index (χ3n) is 3.26. The lowest BCUT2D eigenvalue weighted by Crippen LogP contribution is -2.52. The molecule has 1 fully saturated rings. The van der Waals surface area contributed by atoms with Gasteiger partial charge in [-0.2, -0.15) is 0 Å². The van der Waals surface area contributed by atoms with Gasteiger partial charge in [0.1, 0.15) is 0 Å². The van der Waals surface area contributed by atoms with Gasteiger partial charge < -0.3 is 20.3 Å². The minimum absolute atomic E-state index is 0.0684. The molecule has 18 heavy (non-hydrogen) atoms. The number of hydrogen-bond acceptors (Lipinski definition) is 4. The lowest BCUT2D eigenvalue weighted by Gasteiger charge is -2.33. The molecule has 1 saturated heterocycles. The van der Waals surface area contributed by atoms with Crippen molar-refractivity contribution < 1.29 is 9.72 Å². The second kappa shape index (κ2) is 4.77. The zero-order valence-electron chi connectivity index (χ0n) is 10.4. The van der Waals surface area contributed by atoms with E-state index >= 15 is 0 Å². The Morgan fingerprint density at radius 1 is 1.56 bits per heavy atom. The van der Waals surface area contributed by atoms with Crippen LogP contribution in [0, 0.1) is 10.1 Å². The molecule has 1 amide bonds. The second-order valence-electron chi connectivity index (χ2n) is 4.44. The molecule has 0 radical (unpaired) electrons. The summed E-state index contributed by atoms with van der Waals surface area (Å²) in [5.74, 6) is -0.222. The van der Waals surface area contributed by atoms with Gasteiger partial charge in [-0.15, -0.1) is 0 Å². The Bertz CT molecular complexity index is 483.